The van der Waals surface area contributed by atoms with Crippen LogP contribution in [0.1, 0.15) is 65.7 Å². The van der Waals surface area contributed by atoms with E-state index >= 15 is 0 Å². The minimum atomic E-state index is 0.746. The summed E-state index contributed by atoms with van der Waals surface area (Å²) in [6.45, 7) is 8.10. The van der Waals surface area contributed by atoms with Crippen LogP contribution in [-0.4, -0.2) is 29.6 Å². The molecule has 0 amide bonds. The lowest BCUT2D eigenvalue weighted by Crippen LogP contribution is -2.55. The summed E-state index contributed by atoms with van der Waals surface area (Å²) >= 11 is 0. The van der Waals surface area contributed by atoms with Crippen LogP contribution in [0.25, 0.3) is 0 Å². The zero-order valence-electron chi connectivity index (χ0n) is 12.6. The van der Waals surface area contributed by atoms with E-state index in [2.05, 4.69) is 25.7 Å². The van der Waals surface area contributed by atoms with Crippen LogP contribution >= 0.6 is 0 Å². The van der Waals surface area contributed by atoms with E-state index in [1.807, 2.05) is 0 Å². The Hall–Kier alpha value is -0.0800. The largest absolute Gasteiger partial charge is 0.330 e. The van der Waals surface area contributed by atoms with Gasteiger partial charge in [0.25, 0.3) is 0 Å². The minimum absolute atomic E-state index is 0.746. The van der Waals surface area contributed by atoms with Crippen LogP contribution in [-0.2, 0) is 0 Å². The third kappa shape index (κ3) is 2.91. The molecule has 1 aliphatic heterocycles. The summed E-state index contributed by atoms with van der Waals surface area (Å²) in [7, 11) is 0. The quantitative estimate of drug-likeness (QED) is 0.834. The maximum Gasteiger partial charge on any atom is 0.0144 e. The van der Waals surface area contributed by atoms with Crippen LogP contribution < -0.4 is 5.73 Å². The van der Waals surface area contributed by atoms with Gasteiger partial charge in [-0.15, -0.1) is 0 Å². The van der Waals surface area contributed by atoms with Crippen molar-refractivity contribution in [3.8, 4) is 0 Å². The first kappa shape index (κ1) is 14.3. The summed E-state index contributed by atoms with van der Waals surface area (Å²) in [5, 5.41) is 0. The third-order valence-electron chi connectivity index (χ3n) is 5.59. The highest BCUT2D eigenvalue weighted by molar-refractivity contribution is 4.93. The van der Waals surface area contributed by atoms with Crippen molar-refractivity contribution in [1.29, 1.82) is 0 Å². The second kappa shape index (κ2) is 6.38. The van der Waals surface area contributed by atoms with E-state index < -0.39 is 0 Å². The Morgan fingerprint density at radius 2 is 1.72 bits per heavy atom. The highest BCUT2D eigenvalue weighted by atomic mass is 15.2. The predicted molar refractivity (Wildman–Crippen MR) is 78.6 cm³/mol. The SMILES string of the molecule is CCC1CCC(CN)C(N2C(C)CCCC2C)C1. The van der Waals surface area contributed by atoms with Gasteiger partial charge in [-0.2, -0.15) is 0 Å². The lowest BCUT2D eigenvalue weighted by Gasteiger charge is -2.50. The zero-order chi connectivity index (χ0) is 13.1. The Labute approximate surface area is 113 Å². The summed E-state index contributed by atoms with van der Waals surface area (Å²) in [6.07, 6.45) is 9.69. The van der Waals surface area contributed by atoms with Gasteiger partial charge in [-0.3, -0.25) is 4.90 Å². The predicted octanol–water partition coefficient (Wildman–Crippen LogP) is 3.40. The first-order chi connectivity index (χ1) is 8.67. The van der Waals surface area contributed by atoms with Crippen molar-refractivity contribution in [2.24, 2.45) is 17.6 Å². The maximum absolute atomic E-state index is 6.05. The second-order valence-electron chi connectivity index (χ2n) is 6.73. The highest BCUT2D eigenvalue weighted by Gasteiger charge is 2.38. The molecule has 106 valence electrons. The fourth-order valence-corrected chi connectivity index (χ4v) is 4.40. The van der Waals surface area contributed by atoms with Crippen molar-refractivity contribution in [2.45, 2.75) is 83.8 Å². The van der Waals surface area contributed by atoms with Crippen LogP contribution in [0.5, 0.6) is 0 Å². The average Bonchev–Trinajstić information content (AvgIpc) is 2.38. The van der Waals surface area contributed by atoms with Gasteiger partial charge in [0.05, 0.1) is 0 Å². The Balaban J connectivity index is 2.10. The molecule has 0 bridgehead atoms. The maximum atomic E-state index is 6.05. The van der Waals surface area contributed by atoms with Gasteiger partial charge in [-0.05, 0) is 57.9 Å². The van der Waals surface area contributed by atoms with E-state index in [-0.39, 0.29) is 0 Å². The molecule has 1 saturated heterocycles. The average molecular weight is 252 g/mol. The molecule has 0 aromatic carbocycles. The highest BCUT2D eigenvalue weighted by Crippen LogP contribution is 2.37. The second-order valence-corrected chi connectivity index (χ2v) is 6.73. The van der Waals surface area contributed by atoms with Gasteiger partial charge in [-0.25, -0.2) is 0 Å². The summed E-state index contributed by atoms with van der Waals surface area (Å²) in [4.78, 5) is 2.84. The number of piperidine rings is 1. The minimum Gasteiger partial charge on any atom is -0.330 e. The van der Waals surface area contributed by atoms with Crippen LogP contribution in [0.3, 0.4) is 0 Å². The molecule has 5 atom stereocenters. The molecule has 0 radical (unpaired) electrons. The number of rotatable bonds is 3. The van der Waals surface area contributed by atoms with Gasteiger partial charge in [0.1, 0.15) is 0 Å². The number of nitrogens with two attached hydrogens (primary N) is 1. The Morgan fingerprint density at radius 1 is 1.06 bits per heavy atom. The van der Waals surface area contributed by atoms with E-state index in [1.54, 1.807) is 0 Å². The molecule has 0 spiro atoms. The van der Waals surface area contributed by atoms with Crippen molar-refractivity contribution in [3.63, 3.8) is 0 Å². The Kier molecular flexibility index (Phi) is 5.08. The molecule has 2 heteroatoms. The lowest BCUT2D eigenvalue weighted by molar-refractivity contribution is -0.00255. The van der Waals surface area contributed by atoms with Gasteiger partial charge < -0.3 is 5.73 Å². The molecule has 1 saturated carbocycles. The Bertz CT molecular complexity index is 243. The van der Waals surface area contributed by atoms with Crippen molar-refractivity contribution in [2.75, 3.05) is 6.54 Å². The summed E-state index contributed by atoms with van der Waals surface area (Å²) in [5.74, 6) is 1.69. The molecule has 1 heterocycles. The van der Waals surface area contributed by atoms with Gasteiger partial charge in [0.15, 0.2) is 0 Å². The van der Waals surface area contributed by atoms with Gasteiger partial charge >= 0.3 is 0 Å². The van der Waals surface area contributed by atoms with Crippen LogP contribution in [0.4, 0.5) is 0 Å². The molecule has 2 aliphatic rings. The van der Waals surface area contributed by atoms with Crippen LogP contribution in [0.15, 0.2) is 0 Å². The summed E-state index contributed by atoms with van der Waals surface area (Å²) in [5.41, 5.74) is 6.05. The lowest BCUT2D eigenvalue weighted by atomic mass is 9.75. The van der Waals surface area contributed by atoms with Crippen molar-refractivity contribution >= 4 is 0 Å². The standard InChI is InChI=1S/C16H32N2/c1-4-14-8-9-15(11-17)16(10-14)18-12(2)6-5-7-13(18)3/h12-16H,4-11,17H2,1-3H3. The van der Waals surface area contributed by atoms with Crippen molar-refractivity contribution in [1.82, 2.24) is 4.90 Å². The zero-order valence-corrected chi connectivity index (χ0v) is 12.6. The van der Waals surface area contributed by atoms with Crippen LogP contribution in [0, 0.1) is 11.8 Å². The normalized spacial score (nSPS) is 43.0. The molecule has 18 heavy (non-hydrogen) atoms. The molecular formula is C16H32N2. The molecule has 2 nitrogen and oxygen atoms in total. The van der Waals surface area contributed by atoms with Gasteiger partial charge in [0, 0.05) is 18.1 Å². The fraction of sp³-hybridized carbons (Fsp3) is 1.00. The molecular weight excluding hydrogens is 220 g/mol. The molecule has 2 fully saturated rings. The molecule has 2 rings (SSSR count). The van der Waals surface area contributed by atoms with E-state index in [4.69, 9.17) is 5.73 Å². The molecule has 1 aliphatic carbocycles. The van der Waals surface area contributed by atoms with E-state index in [0.29, 0.717) is 0 Å². The Morgan fingerprint density at radius 3 is 2.28 bits per heavy atom. The molecule has 0 aromatic heterocycles. The van der Waals surface area contributed by atoms with E-state index in [1.165, 1.54) is 44.9 Å². The number of hydrogen-bond acceptors (Lipinski definition) is 2. The first-order valence-electron chi connectivity index (χ1n) is 8.14. The van der Waals surface area contributed by atoms with E-state index in [9.17, 15) is 0 Å². The van der Waals surface area contributed by atoms with E-state index in [0.717, 1.165) is 36.5 Å². The molecule has 5 unspecified atom stereocenters. The number of likely N-dealkylation sites (tertiary alicyclic amines) is 1. The van der Waals surface area contributed by atoms with Gasteiger partial charge in [-0.1, -0.05) is 26.2 Å². The van der Waals surface area contributed by atoms with Gasteiger partial charge in [0.2, 0.25) is 0 Å². The molecule has 2 N–H and O–H groups in total. The van der Waals surface area contributed by atoms with Crippen LogP contribution in [0.2, 0.25) is 0 Å². The molecule has 0 aromatic rings. The summed E-state index contributed by atoms with van der Waals surface area (Å²) in [6, 6.07) is 2.30. The number of nitrogens with zero attached hydrogens (tertiary/aromatic N) is 1. The smallest absolute Gasteiger partial charge is 0.0144 e. The third-order valence-corrected chi connectivity index (χ3v) is 5.59. The number of hydrogen-bond donors (Lipinski definition) is 1. The van der Waals surface area contributed by atoms with Crippen molar-refractivity contribution in [3.05, 3.63) is 0 Å². The summed E-state index contributed by atoms with van der Waals surface area (Å²) < 4.78 is 0. The topological polar surface area (TPSA) is 29.3 Å². The van der Waals surface area contributed by atoms with Crippen molar-refractivity contribution < 1.29 is 0 Å². The monoisotopic (exact) mass is 252 g/mol. The first-order valence-corrected chi connectivity index (χ1v) is 8.14. The fourth-order valence-electron chi connectivity index (χ4n) is 4.40.